The van der Waals surface area contributed by atoms with Crippen LogP contribution < -0.4 is 5.73 Å². The first-order valence-corrected chi connectivity index (χ1v) is 1.87. The van der Waals surface area contributed by atoms with Crippen LogP contribution in [0.3, 0.4) is 0 Å². The Morgan fingerprint density at radius 3 is 2.33 bits per heavy atom. The molecule has 2 N–H and O–H groups in total. The van der Waals surface area contributed by atoms with Crippen LogP contribution in [0.1, 0.15) is 0 Å². The summed E-state index contributed by atoms with van der Waals surface area (Å²) in [6.45, 7) is 0.891. The van der Waals surface area contributed by atoms with Gasteiger partial charge in [0.25, 0.3) is 0 Å². The van der Waals surface area contributed by atoms with Crippen LogP contribution in [0.5, 0.6) is 0 Å². The molecule has 1 fully saturated rings. The van der Waals surface area contributed by atoms with Crippen molar-refractivity contribution in [2.45, 2.75) is 6.29 Å². The number of ether oxygens (including phenoxy) is 2. The maximum atomic E-state index is 5.08. The number of nitrogens with two attached hydrogens (primary N) is 1. The molecule has 6 heavy (non-hydrogen) atoms. The molecular weight excluding hydrogens is 82.0 g/mol. The molecule has 0 amide bonds. The van der Waals surface area contributed by atoms with Crippen LogP contribution in [0.2, 0.25) is 0 Å². The van der Waals surface area contributed by atoms with Crippen molar-refractivity contribution in [3.63, 3.8) is 0 Å². The van der Waals surface area contributed by atoms with E-state index in [1.165, 1.54) is 0 Å². The number of hydrogen-bond donors (Lipinski definition) is 1. The van der Waals surface area contributed by atoms with E-state index in [9.17, 15) is 0 Å². The molecular formula is C3H7NO2. The molecule has 0 radical (unpaired) electrons. The Morgan fingerprint density at radius 1 is 1.67 bits per heavy atom. The van der Waals surface area contributed by atoms with Crippen LogP contribution >= 0.6 is 0 Å². The maximum absolute atomic E-state index is 5.08. The summed E-state index contributed by atoms with van der Waals surface area (Å²) >= 11 is 0. The van der Waals surface area contributed by atoms with Gasteiger partial charge in [0, 0.05) is 6.54 Å². The largest absolute Gasteiger partial charge is 0.326 e. The second kappa shape index (κ2) is 1.55. The van der Waals surface area contributed by atoms with Crippen molar-refractivity contribution in [2.24, 2.45) is 5.73 Å². The molecule has 0 aliphatic carbocycles. The van der Waals surface area contributed by atoms with Crippen molar-refractivity contribution in [3.05, 3.63) is 0 Å². The number of rotatable bonds is 1. The van der Waals surface area contributed by atoms with Crippen LogP contribution in [0.25, 0.3) is 0 Å². The zero-order chi connectivity index (χ0) is 4.41. The van der Waals surface area contributed by atoms with Gasteiger partial charge in [0.2, 0.25) is 0 Å². The number of hydrogen-bond acceptors (Lipinski definition) is 3. The van der Waals surface area contributed by atoms with Gasteiger partial charge < -0.3 is 15.2 Å². The summed E-state index contributed by atoms with van der Waals surface area (Å²) < 4.78 is 9.47. The minimum atomic E-state index is -0.106. The lowest BCUT2D eigenvalue weighted by Crippen LogP contribution is -2.36. The van der Waals surface area contributed by atoms with Gasteiger partial charge in [-0.15, -0.1) is 0 Å². The predicted octanol–water partition coefficient (Wildman–Crippen LogP) is -0.725. The third kappa shape index (κ3) is 0.518. The normalized spacial score (nSPS) is 23.5. The van der Waals surface area contributed by atoms with Crippen molar-refractivity contribution in [1.29, 1.82) is 0 Å². The summed E-state index contributed by atoms with van der Waals surface area (Å²) in [5, 5.41) is 0. The van der Waals surface area contributed by atoms with Gasteiger partial charge >= 0.3 is 0 Å². The van der Waals surface area contributed by atoms with Gasteiger partial charge in [-0.3, -0.25) is 0 Å². The van der Waals surface area contributed by atoms with Crippen molar-refractivity contribution in [3.8, 4) is 0 Å². The Kier molecular flexibility index (Phi) is 1.05. The lowest BCUT2D eigenvalue weighted by atomic mass is 10.6. The van der Waals surface area contributed by atoms with E-state index in [1.807, 2.05) is 0 Å². The Hall–Kier alpha value is -0.120. The highest BCUT2D eigenvalue weighted by Crippen LogP contribution is 2.02. The van der Waals surface area contributed by atoms with Crippen molar-refractivity contribution in [1.82, 2.24) is 0 Å². The zero-order valence-electron chi connectivity index (χ0n) is 3.39. The molecule has 3 nitrogen and oxygen atoms in total. The molecule has 3 heteroatoms. The molecule has 1 saturated heterocycles. The van der Waals surface area contributed by atoms with E-state index < -0.39 is 0 Å². The molecule has 36 valence electrons. The molecule has 1 aliphatic heterocycles. The maximum Gasteiger partial charge on any atom is 0.175 e. The third-order valence-electron chi connectivity index (χ3n) is 0.700. The molecule has 0 bridgehead atoms. The minimum absolute atomic E-state index is 0.106. The molecule has 0 unspecified atom stereocenters. The van der Waals surface area contributed by atoms with Gasteiger partial charge in [0.15, 0.2) is 13.1 Å². The smallest absolute Gasteiger partial charge is 0.175 e. The average molecular weight is 89.1 g/mol. The van der Waals surface area contributed by atoms with E-state index in [2.05, 4.69) is 0 Å². The zero-order valence-corrected chi connectivity index (χ0v) is 3.39. The van der Waals surface area contributed by atoms with Crippen LogP contribution in [-0.4, -0.2) is 19.6 Å². The molecule has 0 aromatic rings. The Balaban J connectivity index is 2.01. The van der Waals surface area contributed by atoms with E-state index in [4.69, 9.17) is 15.2 Å². The van der Waals surface area contributed by atoms with Crippen molar-refractivity contribution >= 4 is 0 Å². The molecule has 1 aliphatic rings. The minimum Gasteiger partial charge on any atom is -0.326 e. The first-order valence-electron chi connectivity index (χ1n) is 1.87. The molecule has 0 aromatic heterocycles. The fourth-order valence-corrected chi connectivity index (χ4v) is 0.300. The second-order valence-corrected chi connectivity index (χ2v) is 1.12. The molecule has 0 saturated carbocycles. The Labute approximate surface area is 36.0 Å². The summed E-state index contributed by atoms with van der Waals surface area (Å²) in [6, 6.07) is 0. The van der Waals surface area contributed by atoms with Gasteiger partial charge in [0.1, 0.15) is 0 Å². The first-order chi connectivity index (χ1) is 2.93. The van der Waals surface area contributed by atoms with Crippen LogP contribution in [-0.2, 0) is 9.47 Å². The highest BCUT2D eigenvalue weighted by molar-refractivity contribution is 4.45. The lowest BCUT2D eigenvalue weighted by Gasteiger charge is -2.24. The van der Waals surface area contributed by atoms with Gasteiger partial charge in [-0.25, -0.2) is 0 Å². The van der Waals surface area contributed by atoms with Crippen LogP contribution in [0, 0.1) is 0 Å². The van der Waals surface area contributed by atoms with Crippen LogP contribution in [0.4, 0.5) is 0 Å². The summed E-state index contributed by atoms with van der Waals surface area (Å²) in [5.74, 6) is 0. The second-order valence-electron chi connectivity index (χ2n) is 1.12. The standard InChI is InChI=1S/C3H7NO2/c4-1-3-5-2-6-3/h3H,1-2,4H2. The van der Waals surface area contributed by atoms with Crippen molar-refractivity contribution in [2.75, 3.05) is 13.3 Å². The Bertz CT molecular complexity index is 41.3. The Morgan fingerprint density at radius 2 is 2.33 bits per heavy atom. The fourth-order valence-electron chi connectivity index (χ4n) is 0.300. The summed E-state index contributed by atoms with van der Waals surface area (Å²) in [7, 11) is 0. The first kappa shape index (κ1) is 4.05. The van der Waals surface area contributed by atoms with E-state index in [0.717, 1.165) is 0 Å². The molecule has 0 spiro atoms. The predicted molar refractivity (Wildman–Crippen MR) is 19.9 cm³/mol. The van der Waals surface area contributed by atoms with E-state index >= 15 is 0 Å². The third-order valence-corrected chi connectivity index (χ3v) is 0.700. The summed E-state index contributed by atoms with van der Waals surface area (Å²) in [5.41, 5.74) is 5.08. The summed E-state index contributed by atoms with van der Waals surface area (Å²) in [6.07, 6.45) is -0.106. The highest BCUT2D eigenvalue weighted by Gasteiger charge is 2.14. The highest BCUT2D eigenvalue weighted by atomic mass is 16.8. The van der Waals surface area contributed by atoms with Gasteiger partial charge in [0.05, 0.1) is 0 Å². The topological polar surface area (TPSA) is 44.5 Å². The van der Waals surface area contributed by atoms with E-state index in [0.29, 0.717) is 13.3 Å². The van der Waals surface area contributed by atoms with Gasteiger partial charge in [-0.05, 0) is 0 Å². The quantitative estimate of drug-likeness (QED) is 0.461. The SMILES string of the molecule is NCC1OCO1. The molecule has 1 rings (SSSR count). The lowest BCUT2D eigenvalue weighted by molar-refractivity contribution is -0.314. The van der Waals surface area contributed by atoms with Gasteiger partial charge in [-0.1, -0.05) is 0 Å². The van der Waals surface area contributed by atoms with Gasteiger partial charge in [-0.2, -0.15) is 0 Å². The van der Waals surface area contributed by atoms with E-state index in [-0.39, 0.29) is 6.29 Å². The van der Waals surface area contributed by atoms with E-state index in [1.54, 1.807) is 0 Å². The molecule has 0 aromatic carbocycles. The van der Waals surface area contributed by atoms with Crippen LogP contribution in [0.15, 0.2) is 0 Å². The average Bonchev–Trinajstić information content (AvgIpc) is 1.31. The van der Waals surface area contributed by atoms with Crippen molar-refractivity contribution < 1.29 is 9.47 Å². The monoisotopic (exact) mass is 89.0 g/mol. The summed E-state index contributed by atoms with van der Waals surface area (Å²) in [4.78, 5) is 0. The molecule has 1 heterocycles. The fraction of sp³-hybridized carbons (Fsp3) is 1.00. The molecule has 0 atom stereocenters.